The minimum absolute atomic E-state index is 0.0761. The van der Waals surface area contributed by atoms with E-state index in [-0.39, 0.29) is 30.2 Å². The Kier molecular flexibility index (Phi) is 7.00. The SMILES string of the molecule is CC(OC(=O)CCNC(=O)c1ccsc1)C(=O)Nc1cccc([N+](=O)[O-])c1. The maximum Gasteiger partial charge on any atom is 0.308 e. The zero-order valence-electron chi connectivity index (χ0n) is 14.3. The number of carbonyl (C=O) groups excluding carboxylic acids is 3. The Labute approximate surface area is 158 Å². The molecular formula is C17H17N3O6S. The predicted octanol–water partition coefficient (Wildman–Crippen LogP) is 2.35. The Bertz CT molecular complexity index is 837. The summed E-state index contributed by atoms with van der Waals surface area (Å²) in [6.45, 7) is 1.46. The van der Waals surface area contributed by atoms with Crippen molar-refractivity contribution < 1.29 is 24.0 Å². The Morgan fingerprint density at radius 3 is 2.74 bits per heavy atom. The number of nitro groups is 1. The molecule has 142 valence electrons. The Morgan fingerprint density at radius 2 is 2.07 bits per heavy atom. The lowest BCUT2D eigenvalue weighted by Gasteiger charge is -2.13. The molecule has 0 aliphatic rings. The molecule has 0 saturated carbocycles. The summed E-state index contributed by atoms with van der Waals surface area (Å²) in [7, 11) is 0. The molecule has 27 heavy (non-hydrogen) atoms. The van der Waals surface area contributed by atoms with Gasteiger partial charge in [0.15, 0.2) is 6.10 Å². The van der Waals surface area contributed by atoms with E-state index < -0.39 is 22.9 Å². The molecule has 0 aliphatic heterocycles. The Hall–Kier alpha value is -3.27. The van der Waals surface area contributed by atoms with Crippen molar-refractivity contribution in [1.82, 2.24) is 5.32 Å². The highest BCUT2D eigenvalue weighted by atomic mass is 32.1. The lowest BCUT2D eigenvalue weighted by molar-refractivity contribution is -0.384. The lowest BCUT2D eigenvalue weighted by atomic mass is 10.2. The first-order chi connectivity index (χ1) is 12.9. The highest BCUT2D eigenvalue weighted by Gasteiger charge is 2.19. The number of nitrogens with zero attached hydrogens (tertiary/aromatic N) is 1. The molecule has 2 rings (SSSR count). The molecular weight excluding hydrogens is 374 g/mol. The van der Waals surface area contributed by atoms with Gasteiger partial charge >= 0.3 is 5.97 Å². The summed E-state index contributed by atoms with van der Waals surface area (Å²) < 4.78 is 5.00. The molecule has 0 radical (unpaired) electrons. The summed E-state index contributed by atoms with van der Waals surface area (Å²) in [6.07, 6.45) is -1.19. The third-order valence-corrected chi connectivity index (χ3v) is 4.08. The maximum absolute atomic E-state index is 12.0. The Morgan fingerprint density at radius 1 is 1.30 bits per heavy atom. The number of hydrogen-bond donors (Lipinski definition) is 2. The van der Waals surface area contributed by atoms with E-state index in [0.717, 1.165) is 0 Å². The Balaban J connectivity index is 1.76. The average Bonchev–Trinajstić information content (AvgIpc) is 3.16. The number of esters is 1. The molecule has 1 aromatic heterocycles. The zero-order valence-corrected chi connectivity index (χ0v) is 15.2. The summed E-state index contributed by atoms with van der Waals surface area (Å²) >= 11 is 1.39. The van der Waals surface area contributed by atoms with Crippen LogP contribution < -0.4 is 10.6 Å². The van der Waals surface area contributed by atoms with Gasteiger partial charge in [0.1, 0.15) is 0 Å². The van der Waals surface area contributed by atoms with Gasteiger partial charge in [-0.05, 0) is 24.4 Å². The van der Waals surface area contributed by atoms with Gasteiger partial charge in [-0.1, -0.05) is 6.07 Å². The molecule has 0 spiro atoms. The first-order valence-corrected chi connectivity index (χ1v) is 8.86. The second-order valence-corrected chi connectivity index (χ2v) is 6.23. The fourth-order valence-electron chi connectivity index (χ4n) is 2.02. The van der Waals surface area contributed by atoms with Gasteiger partial charge in [0.25, 0.3) is 17.5 Å². The third-order valence-electron chi connectivity index (χ3n) is 3.40. The molecule has 0 aliphatic carbocycles. The van der Waals surface area contributed by atoms with Crippen molar-refractivity contribution in [2.24, 2.45) is 0 Å². The zero-order chi connectivity index (χ0) is 19.8. The molecule has 2 amide bonds. The first-order valence-electron chi connectivity index (χ1n) is 7.92. The van der Waals surface area contributed by atoms with Crippen LogP contribution in [0.4, 0.5) is 11.4 Å². The highest BCUT2D eigenvalue weighted by molar-refractivity contribution is 7.08. The minimum Gasteiger partial charge on any atom is -0.452 e. The third kappa shape index (κ3) is 6.19. The van der Waals surface area contributed by atoms with Crippen LogP contribution in [0.15, 0.2) is 41.1 Å². The van der Waals surface area contributed by atoms with Crippen molar-refractivity contribution in [3.8, 4) is 0 Å². The van der Waals surface area contributed by atoms with Crippen molar-refractivity contribution in [3.05, 3.63) is 56.8 Å². The van der Waals surface area contributed by atoms with Crippen LogP contribution in [0.25, 0.3) is 0 Å². The van der Waals surface area contributed by atoms with Crippen LogP contribution in [0.3, 0.4) is 0 Å². The summed E-state index contributed by atoms with van der Waals surface area (Å²) in [4.78, 5) is 45.7. The second kappa shape index (κ2) is 9.43. The van der Waals surface area contributed by atoms with Gasteiger partial charge in [-0.25, -0.2) is 0 Å². The average molecular weight is 391 g/mol. The van der Waals surface area contributed by atoms with Crippen LogP contribution in [0, 0.1) is 10.1 Å². The number of benzene rings is 1. The largest absolute Gasteiger partial charge is 0.452 e. The minimum atomic E-state index is -1.09. The number of non-ortho nitro benzene ring substituents is 1. The first kappa shape index (κ1) is 20.0. The monoisotopic (exact) mass is 391 g/mol. The van der Waals surface area contributed by atoms with Crippen LogP contribution >= 0.6 is 11.3 Å². The van der Waals surface area contributed by atoms with Crippen molar-refractivity contribution in [2.75, 3.05) is 11.9 Å². The smallest absolute Gasteiger partial charge is 0.308 e. The van der Waals surface area contributed by atoms with E-state index in [9.17, 15) is 24.5 Å². The van der Waals surface area contributed by atoms with E-state index in [1.165, 1.54) is 42.5 Å². The number of nitro benzene ring substituents is 1. The topological polar surface area (TPSA) is 128 Å². The van der Waals surface area contributed by atoms with Gasteiger partial charge in [-0.15, -0.1) is 0 Å². The quantitative estimate of drug-likeness (QED) is 0.404. The molecule has 1 unspecified atom stereocenters. The van der Waals surface area contributed by atoms with Gasteiger partial charge in [0, 0.05) is 35.3 Å². The molecule has 1 atom stereocenters. The summed E-state index contributed by atoms with van der Waals surface area (Å²) in [6, 6.07) is 7.08. The molecule has 1 heterocycles. The van der Waals surface area contributed by atoms with Crippen molar-refractivity contribution in [2.45, 2.75) is 19.4 Å². The number of anilines is 1. The summed E-state index contributed by atoms with van der Waals surface area (Å²) in [5, 5.41) is 19.2. The normalized spacial score (nSPS) is 11.3. The summed E-state index contributed by atoms with van der Waals surface area (Å²) in [5.74, 6) is -1.56. The number of rotatable bonds is 8. The van der Waals surface area contributed by atoms with Crippen molar-refractivity contribution in [3.63, 3.8) is 0 Å². The number of carbonyl (C=O) groups is 3. The lowest BCUT2D eigenvalue weighted by Crippen LogP contribution is -2.32. The van der Waals surface area contributed by atoms with Crippen molar-refractivity contribution in [1.29, 1.82) is 0 Å². The summed E-state index contributed by atoms with van der Waals surface area (Å²) in [5.41, 5.74) is 0.567. The molecule has 0 bridgehead atoms. The molecule has 2 aromatic rings. The van der Waals surface area contributed by atoms with Crippen molar-refractivity contribution >= 4 is 40.5 Å². The molecule has 0 saturated heterocycles. The number of thiophene rings is 1. The van der Waals surface area contributed by atoms with Crippen LogP contribution in [0.2, 0.25) is 0 Å². The molecule has 9 nitrogen and oxygen atoms in total. The number of hydrogen-bond acceptors (Lipinski definition) is 7. The van der Waals surface area contributed by atoms with Gasteiger partial charge in [-0.2, -0.15) is 11.3 Å². The van der Waals surface area contributed by atoms with Crippen LogP contribution in [-0.2, 0) is 14.3 Å². The van der Waals surface area contributed by atoms with Crippen LogP contribution in [0.1, 0.15) is 23.7 Å². The predicted molar refractivity (Wildman–Crippen MR) is 98.5 cm³/mol. The van der Waals surface area contributed by atoms with Gasteiger partial charge < -0.3 is 15.4 Å². The molecule has 10 heteroatoms. The van der Waals surface area contributed by atoms with Gasteiger partial charge in [-0.3, -0.25) is 24.5 Å². The van der Waals surface area contributed by atoms with Crippen LogP contribution in [-0.4, -0.2) is 35.4 Å². The van der Waals surface area contributed by atoms with E-state index in [4.69, 9.17) is 4.74 Å². The fourth-order valence-corrected chi connectivity index (χ4v) is 2.66. The number of amides is 2. The molecule has 1 aromatic carbocycles. The second-order valence-electron chi connectivity index (χ2n) is 5.45. The van der Waals surface area contributed by atoms with Crippen LogP contribution in [0.5, 0.6) is 0 Å². The fraction of sp³-hybridized carbons (Fsp3) is 0.235. The molecule has 2 N–H and O–H groups in total. The van der Waals surface area contributed by atoms with E-state index >= 15 is 0 Å². The number of ether oxygens (including phenoxy) is 1. The van der Waals surface area contributed by atoms with E-state index in [1.807, 2.05) is 0 Å². The highest BCUT2D eigenvalue weighted by Crippen LogP contribution is 2.17. The number of nitrogens with one attached hydrogen (secondary N) is 2. The van der Waals surface area contributed by atoms with E-state index in [1.54, 1.807) is 16.8 Å². The standard InChI is InChI=1S/C17H17N3O6S/c1-11(16(22)19-13-3-2-4-14(9-13)20(24)25)26-15(21)5-7-18-17(23)12-6-8-27-10-12/h2-4,6,8-11H,5,7H2,1H3,(H,18,23)(H,19,22). The van der Waals surface area contributed by atoms with Gasteiger partial charge in [0.2, 0.25) is 0 Å². The van der Waals surface area contributed by atoms with E-state index in [0.29, 0.717) is 5.56 Å². The maximum atomic E-state index is 12.0. The molecule has 0 fully saturated rings. The van der Waals surface area contributed by atoms with Gasteiger partial charge in [0.05, 0.1) is 11.3 Å². The van der Waals surface area contributed by atoms with E-state index in [2.05, 4.69) is 10.6 Å².